The highest BCUT2D eigenvalue weighted by atomic mass is 35.5. The summed E-state index contributed by atoms with van der Waals surface area (Å²) in [6.45, 7) is 4.37. The molecule has 1 aliphatic rings. The first kappa shape index (κ1) is 24.4. The third-order valence-electron chi connectivity index (χ3n) is 5.38. The number of hydrogen-bond acceptors (Lipinski definition) is 4. The van der Waals surface area contributed by atoms with Crippen LogP contribution in [-0.4, -0.2) is 43.8 Å². The second kappa shape index (κ2) is 10.1. The second-order valence-corrected chi connectivity index (χ2v) is 10.2. The Morgan fingerprint density at radius 1 is 1.16 bits per heavy atom. The van der Waals surface area contributed by atoms with Gasteiger partial charge in [0.05, 0.1) is 14.9 Å². The van der Waals surface area contributed by atoms with Crippen molar-refractivity contribution in [1.29, 1.82) is 0 Å². The van der Waals surface area contributed by atoms with Gasteiger partial charge in [-0.15, -0.1) is 0 Å². The van der Waals surface area contributed by atoms with E-state index in [2.05, 4.69) is 10.0 Å². The second-order valence-electron chi connectivity index (χ2n) is 7.74. The van der Waals surface area contributed by atoms with Gasteiger partial charge < -0.3 is 10.2 Å². The zero-order valence-electron chi connectivity index (χ0n) is 17.8. The number of benzene rings is 2. The van der Waals surface area contributed by atoms with Crippen molar-refractivity contribution in [1.82, 2.24) is 10.2 Å². The van der Waals surface area contributed by atoms with Crippen molar-refractivity contribution in [3.63, 3.8) is 0 Å². The van der Waals surface area contributed by atoms with Crippen LogP contribution >= 0.6 is 23.2 Å². The molecule has 172 valence electrons. The van der Waals surface area contributed by atoms with Crippen molar-refractivity contribution in [3.8, 4) is 0 Å². The maximum Gasteiger partial charge on any atom is 0.261 e. The molecular weight excluding hydrogens is 473 g/mol. The highest BCUT2D eigenvalue weighted by molar-refractivity contribution is 7.92. The lowest BCUT2D eigenvalue weighted by molar-refractivity contribution is -0.125. The molecule has 10 heteroatoms. The van der Waals surface area contributed by atoms with Gasteiger partial charge in [0.1, 0.15) is 6.04 Å². The molecule has 1 fully saturated rings. The Hall–Kier alpha value is -2.29. The molecule has 2 aromatic rings. The van der Waals surface area contributed by atoms with Gasteiger partial charge in [-0.05, 0) is 62.6 Å². The van der Waals surface area contributed by atoms with Gasteiger partial charge in [0.15, 0.2) is 0 Å². The first-order valence-corrected chi connectivity index (χ1v) is 12.6. The molecular formula is C22H25Cl2N3O4S. The zero-order valence-corrected chi connectivity index (χ0v) is 20.1. The fourth-order valence-corrected chi connectivity index (χ4v) is 4.90. The summed E-state index contributed by atoms with van der Waals surface area (Å²) >= 11 is 11.8. The Kier molecular flexibility index (Phi) is 7.69. The van der Waals surface area contributed by atoms with Gasteiger partial charge >= 0.3 is 0 Å². The zero-order chi connectivity index (χ0) is 23.5. The van der Waals surface area contributed by atoms with E-state index in [9.17, 15) is 18.0 Å². The van der Waals surface area contributed by atoms with E-state index in [4.69, 9.17) is 23.2 Å². The van der Waals surface area contributed by atoms with Crippen LogP contribution in [0.5, 0.6) is 0 Å². The molecule has 2 atom stereocenters. The van der Waals surface area contributed by atoms with Crippen LogP contribution < -0.4 is 10.0 Å². The number of halogens is 2. The van der Waals surface area contributed by atoms with Crippen LogP contribution in [0.1, 0.15) is 43.5 Å². The van der Waals surface area contributed by atoms with Crippen LogP contribution in [0.25, 0.3) is 0 Å². The molecule has 1 aliphatic heterocycles. The van der Waals surface area contributed by atoms with E-state index >= 15 is 0 Å². The van der Waals surface area contributed by atoms with Crippen LogP contribution in [0.4, 0.5) is 5.69 Å². The van der Waals surface area contributed by atoms with E-state index in [1.165, 1.54) is 24.3 Å². The number of nitrogens with one attached hydrogen (secondary N) is 2. The first-order valence-electron chi connectivity index (χ1n) is 10.3. The lowest BCUT2D eigenvalue weighted by atomic mass is 10.1. The number of rotatable bonds is 7. The normalized spacial score (nSPS) is 17.1. The minimum Gasteiger partial charge on any atom is -0.352 e. The van der Waals surface area contributed by atoms with E-state index < -0.39 is 16.1 Å². The molecule has 0 unspecified atom stereocenters. The van der Waals surface area contributed by atoms with Gasteiger partial charge in [0.25, 0.3) is 15.9 Å². The minimum absolute atomic E-state index is 0.0270. The van der Waals surface area contributed by atoms with Crippen LogP contribution in [-0.2, 0) is 14.8 Å². The van der Waals surface area contributed by atoms with E-state index in [1.54, 1.807) is 23.1 Å². The SMILES string of the molecule is CC[C@@H](C)NC(=O)[C@H]1CCCN1C(=O)c1cccc(NS(=O)(=O)c2ccc(Cl)c(Cl)c2)c1. The molecule has 0 aromatic heterocycles. The fourth-order valence-electron chi connectivity index (χ4n) is 3.46. The van der Waals surface area contributed by atoms with Gasteiger partial charge in [-0.3, -0.25) is 14.3 Å². The van der Waals surface area contributed by atoms with Gasteiger partial charge in [0, 0.05) is 23.8 Å². The topological polar surface area (TPSA) is 95.6 Å². The van der Waals surface area contributed by atoms with Crippen LogP contribution in [0, 0.1) is 0 Å². The molecule has 3 rings (SSSR count). The molecule has 0 bridgehead atoms. The third kappa shape index (κ3) is 5.54. The molecule has 0 spiro atoms. The van der Waals surface area contributed by atoms with E-state index in [1.807, 2.05) is 13.8 Å². The van der Waals surface area contributed by atoms with E-state index in [-0.39, 0.29) is 38.5 Å². The molecule has 0 saturated carbocycles. The molecule has 2 amide bonds. The lowest BCUT2D eigenvalue weighted by Crippen LogP contribution is -2.48. The summed E-state index contributed by atoms with van der Waals surface area (Å²) in [6.07, 6.45) is 2.12. The van der Waals surface area contributed by atoms with Crippen molar-refractivity contribution in [3.05, 3.63) is 58.1 Å². The Bertz CT molecular complexity index is 1120. The Labute approximate surface area is 198 Å². The summed E-state index contributed by atoms with van der Waals surface area (Å²) < 4.78 is 27.9. The predicted octanol–water partition coefficient (Wildman–Crippen LogP) is 4.31. The predicted molar refractivity (Wildman–Crippen MR) is 126 cm³/mol. The molecule has 2 aromatic carbocycles. The quantitative estimate of drug-likeness (QED) is 0.595. The van der Waals surface area contributed by atoms with Crippen LogP contribution in [0.2, 0.25) is 10.0 Å². The number of carbonyl (C=O) groups is 2. The van der Waals surface area contributed by atoms with Crippen LogP contribution in [0.15, 0.2) is 47.4 Å². The highest BCUT2D eigenvalue weighted by Crippen LogP contribution is 2.27. The monoisotopic (exact) mass is 497 g/mol. The number of hydrogen-bond donors (Lipinski definition) is 2. The summed E-state index contributed by atoms with van der Waals surface area (Å²) in [6, 6.07) is 9.68. The third-order valence-corrected chi connectivity index (χ3v) is 7.50. The van der Waals surface area contributed by atoms with Crippen molar-refractivity contribution < 1.29 is 18.0 Å². The maximum atomic E-state index is 13.1. The molecule has 1 saturated heterocycles. The summed E-state index contributed by atoms with van der Waals surface area (Å²) in [4.78, 5) is 27.2. The number of anilines is 1. The number of sulfonamides is 1. The van der Waals surface area contributed by atoms with Crippen molar-refractivity contribution in [2.75, 3.05) is 11.3 Å². The average molecular weight is 498 g/mol. The summed E-state index contributed by atoms with van der Waals surface area (Å²) in [5.41, 5.74) is 0.518. The molecule has 32 heavy (non-hydrogen) atoms. The minimum atomic E-state index is -3.94. The summed E-state index contributed by atoms with van der Waals surface area (Å²) in [5, 5.41) is 3.30. The van der Waals surface area contributed by atoms with Gasteiger partial charge in [-0.1, -0.05) is 36.2 Å². The van der Waals surface area contributed by atoms with Gasteiger partial charge in [-0.25, -0.2) is 8.42 Å². The van der Waals surface area contributed by atoms with Crippen molar-refractivity contribution in [2.24, 2.45) is 0 Å². The first-order chi connectivity index (χ1) is 15.1. The molecule has 1 heterocycles. The highest BCUT2D eigenvalue weighted by Gasteiger charge is 2.35. The number of nitrogens with zero attached hydrogens (tertiary/aromatic N) is 1. The summed E-state index contributed by atoms with van der Waals surface area (Å²) in [5.74, 6) is -0.482. The Balaban J connectivity index is 1.78. The number of carbonyl (C=O) groups excluding carboxylic acids is 2. The largest absolute Gasteiger partial charge is 0.352 e. The molecule has 0 radical (unpaired) electrons. The Morgan fingerprint density at radius 3 is 2.59 bits per heavy atom. The van der Waals surface area contributed by atoms with Gasteiger partial charge in [-0.2, -0.15) is 0 Å². The lowest BCUT2D eigenvalue weighted by Gasteiger charge is -2.25. The average Bonchev–Trinajstić information content (AvgIpc) is 3.25. The maximum absolute atomic E-state index is 13.1. The number of amides is 2. The smallest absolute Gasteiger partial charge is 0.261 e. The van der Waals surface area contributed by atoms with Gasteiger partial charge in [0.2, 0.25) is 5.91 Å². The standard InChI is InChI=1S/C22H25Cl2N3O4S/c1-3-14(2)25-21(28)20-8-5-11-27(20)22(29)15-6-4-7-16(12-15)26-32(30,31)17-9-10-18(23)19(24)13-17/h4,6-7,9-10,12-14,20,26H,3,5,8,11H2,1-2H3,(H,25,28)/t14-,20-/m1/s1. The van der Waals surface area contributed by atoms with E-state index in [0.29, 0.717) is 18.5 Å². The van der Waals surface area contributed by atoms with Crippen molar-refractivity contribution in [2.45, 2.75) is 50.1 Å². The van der Waals surface area contributed by atoms with E-state index in [0.717, 1.165) is 12.8 Å². The summed E-state index contributed by atoms with van der Waals surface area (Å²) in [7, 11) is -3.94. The molecule has 0 aliphatic carbocycles. The van der Waals surface area contributed by atoms with Crippen molar-refractivity contribution >= 4 is 50.7 Å². The van der Waals surface area contributed by atoms with Crippen LogP contribution in [0.3, 0.4) is 0 Å². The Morgan fingerprint density at radius 2 is 1.91 bits per heavy atom. The molecule has 2 N–H and O–H groups in total. The molecule has 7 nitrogen and oxygen atoms in total. The number of likely N-dealkylation sites (tertiary alicyclic amines) is 1. The fraction of sp³-hybridized carbons (Fsp3) is 0.364.